The monoisotopic (exact) mass is 124 g/mol. The molecule has 2 nitrogen and oxygen atoms in total. The van der Waals surface area contributed by atoms with Crippen LogP contribution in [-0.4, -0.2) is 26.2 Å². The molecule has 2 N–H and O–H groups in total. The van der Waals surface area contributed by atoms with Crippen LogP contribution in [0.15, 0.2) is 12.2 Å². The molecule has 2 heterocycles. The topological polar surface area (TPSA) is 24.1 Å². The molecule has 1 fully saturated rings. The van der Waals surface area contributed by atoms with E-state index in [1.807, 2.05) is 0 Å². The molecule has 0 saturated carbocycles. The van der Waals surface area contributed by atoms with E-state index in [1.165, 1.54) is 0 Å². The largest absolute Gasteiger partial charge is 0.315 e. The SMILES string of the molecule is C1=CC2(CNC1)CNC2. The summed E-state index contributed by atoms with van der Waals surface area (Å²) in [6.45, 7) is 4.55. The molecule has 0 aromatic heterocycles. The Morgan fingerprint density at radius 2 is 1.89 bits per heavy atom. The second-order valence-corrected chi connectivity index (χ2v) is 3.00. The van der Waals surface area contributed by atoms with Crippen molar-refractivity contribution in [1.82, 2.24) is 10.6 Å². The van der Waals surface area contributed by atoms with Crippen molar-refractivity contribution in [3.05, 3.63) is 12.2 Å². The van der Waals surface area contributed by atoms with Gasteiger partial charge in [-0.05, 0) is 0 Å². The molecule has 2 aliphatic heterocycles. The Balaban J connectivity index is 2.09. The van der Waals surface area contributed by atoms with Crippen LogP contribution in [0, 0.1) is 5.41 Å². The minimum atomic E-state index is 0.498. The Labute approximate surface area is 55.3 Å². The number of rotatable bonds is 0. The van der Waals surface area contributed by atoms with E-state index in [1.54, 1.807) is 0 Å². The maximum absolute atomic E-state index is 3.35. The van der Waals surface area contributed by atoms with Crippen LogP contribution in [0.1, 0.15) is 0 Å². The first kappa shape index (κ1) is 5.45. The zero-order chi connectivity index (χ0) is 6.16. The lowest BCUT2D eigenvalue weighted by Gasteiger charge is -2.42. The summed E-state index contributed by atoms with van der Waals surface area (Å²) in [7, 11) is 0. The van der Waals surface area contributed by atoms with E-state index in [9.17, 15) is 0 Å². The molecule has 0 aromatic carbocycles. The molecule has 0 atom stereocenters. The van der Waals surface area contributed by atoms with Crippen molar-refractivity contribution in [1.29, 1.82) is 0 Å². The van der Waals surface area contributed by atoms with Gasteiger partial charge in [-0.1, -0.05) is 12.2 Å². The molecule has 2 aliphatic rings. The predicted molar refractivity (Wildman–Crippen MR) is 37.3 cm³/mol. The summed E-state index contributed by atoms with van der Waals surface area (Å²) >= 11 is 0. The van der Waals surface area contributed by atoms with Crippen LogP contribution in [0.3, 0.4) is 0 Å². The summed E-state index contributed by atoms with van der Waals surface area (Å²) in [6, 6.07) is 0. The molecule has 0 radical (unpaired) electrons. The van der Waals surface area contributed by atoms with Crippen LogP contribution >= 0.6 is 0 Å². The first-order valence-electron chi connectivity index (χ1n) is 3.51. The van der Waals surface area contributed by atoms with E-state index in [0.29, 0.717) is 5.41 Å². The van der Waals surface area contributed by atoms with Gasteiger partial charge in [0.15, 0.2) is 0 Å². The van der Waals surface area contributed by atoms with E-state index in [2.05, 4.69) is 22.8 Å². The van der Waals surface area contributed by atoms with Crippen LogP contribution in [0.25, 0.3) is 0 Å². The number of hydrogen-bond donors (Lipinski definition) is 2. The molecule has 0 aliphatic carbocycles. The highest BCUT2D eigenvalue weighted by Gasteiger charge is 2.34. The normalized spacial score (nSPS) is 30.2. The standard InChI is InChI=1S/C7H12N2/c1-2-7(4-8-3-1)5-9-6-7/h1-2,8-9H,3-6H2. The fraction of sp³-hybridized carbons (Fsp3) is 0.714. The third-order valence-corrected chi connectivity index (χ3v) is 2.16. The van der Waals surface area contributed by atoms with Gasteiger partial charge in [0.1, 0.15) is 0 Å². The second kappa shape index (κ2) is 1.82. The Morgan fingerprint density at radius 3 is 2.22 bits per heavy atom. The van der Waals surface area contributed by atoms with Crippen molar-refractivity contribution in [3.8, 4) is 0 Å². The van der Waals surface area contributed by atoms with Gasteiger partial charge in [-0.3, -0.25) is 0 Å². The maximum atomic E-state index is 3.35. The highest BCUT2D eigenvalue weighted by molar-refractivity contribution is 5.12. The smallest absolute Gasteiger partial charge is 0.0257 e. The highest BCUT2D eigenvalue weighted by atomic mass is 15.0. The summed E-state index contributed by atoms with van der Waals surface area (Å²) in [5.41, 5.74) is 0.498. The van der Waals surface area contributed by atoms with E-state index < -0.39 is 0 Å². The summed E-state index contributed by atoms with van der Waals surface area (Å²) in [6.07, 6.45) is 4.57. The fourth-order valence-corrected chi connectivity index (χ4v) is 1.46. The van der Waals surface area contributed by atoms with Gasteiger partial charge >= 0.3 is 0 Å². The predicted octanol–water partition coefficient (Wildman–Crippen LogP) is -0.265. The number of hydrogen-bond acceptors (Lipinski definition) is 2. The lowest BCUT2D eigenvalue weighted by Crippen LogP contribution is -2.58. The van der Waals surface area contributed by atoms with Crippen molar-refractivity contribution >= 4 is 0 Å². The summed E-state index contributed by atoms with van der Waals surface area (Å²) < 4.78 is 0. The van der Waals surface area contributed by atoms with Gasteiger partial charge < -0.3 is 10.6 Å². The molecule has 1 spiro atoms. The average Bonchev–Trinajstić information content (AvgIpc) is 1.87. The summed E-state index contributed by atoms with van der Waals surface area (Å²) in [5, 5.41) is 6.63. The van der Waals surface area contributed by atoms with Crippen LogP contribution in [-0.2, 0) is 0 Å². The first-order valence-corrected chi connectivity index (χ1v) is 3.51. The molecule has 2 heteroatoms. The minimum Gasteiger partial charge on any atom is -0.315 e. The van der Waals surface area contributed by atoms with E-state index >= 15 is 0 Å². The van der Waals surface area contributed by atoms with Crippen molar-refractivity contribution in [2.45, 2.75) is 0 Å². The molecule has 1 saturated heterocycles. The maximum Gasteiger partial charge on any atom is 0.0257 e. The second-order valence-electron chi connectivity index (χ2n) is 3.00. The van der Waals surface area contributed by atoms with Crippen LogP contribution < -0.4 is 10.6 Å². The van der Waals surface area contributed by atoms with Crippen LogP contribution in [0.4, 0.5) is 0 Å². The van der Waals surface area contributed by atoms with Crippen molar-refractivity contribution in [2.75, 3.05) is 26.2 Å². The third kappa shape index (κ3) is 0.787. The molecule has 0 aromatic rings. The third-order valence-electron chi connectivity index (χ3n) is 2.16. The molecule has 0 bridgehead atoms. The fourth-order valence-electron chi connectivity index (χ4n) is 1.46. The van der Waals surface area contributed by atoms with Gasteiger partial charge in [0.2, 0.25) is 0 Å². The van der Waals surface area contributed by atoms with Crippen molar-refractivity contribution in [2.24, 2.45) is 5.41 Å². The molecule has 2 rings (SSSR count). The lowest BCUT2D eigenvalue weighted by molar-refractivity contribution is 0.224. The Bertz CT molecular complexity index is 136. The Hall–Kier alpha value is -0.340. The first-order chi connectivity index (χ1) is 4.41. The molecule has 50 valence electrons. The zero-order valence-corrected chi connectivity index (χ0v) is 5.48. The van der Waals surface area contributed by atoms with Gasteiger partial charge in [0.05, 0.1) is 0 Å². The summed E-state index contributed by atoms with van der Waals surface area (Å²) in [5.74, 6) is 0. The van der Waals surface area contributed by atoms with Crippen molar-refractivity contribution < 1.29 is 0 Å². The Morgan fingerprint density at radius 1 is 1.11 bits per heavy atom. The number of nitrogens with one attached hydrogen (secondary N) is 2. The molecular weight excluding hydrogens is 112 g/mol. The Kier molecular flexibility index (Phi) is 1.10. The van der Waals surface area contributed by atoms with Gasteiger partial charge in [-0.15, -0.1) is 0 Å². The average molecular weight is 124 g/mol. The zero-order valence-electron chi connectivity index (χ0n) is 5.48. The van der Waals surface area contributed by atoms with Gasteiger partial charge in [0.25, 0.3) is 0 Å². The summed E-state index contributed by atoms with van der Waals surface area (Å²) in [4.78, 5) is 0. The molecular formula is C7H12N2. The van der Waals surface area contributed by atoms with Crippen LogP contribution in [0.5, 0.6) is 0 Å². The molecule has 0 amide bonds. The van der Waals surface area contributed by atoms with E-state index in [-0.39, 0.29) is 0 Å². The highest BCUT2D eigenvalue weighted by Crippen LogP contribution is 2.24. The van der Waals surface area contributed by atoms with Gasteiger partial charge in [-0.2, -0.15) is 0 Å². The van der Waals surface area contributed by atoms with Gasteiger partial charge in [0, 0.05) is 31.6 Å². The van der Waals surface area contributed by atoms with E-state index in [4.69, 9.17) is 0 Å². The van der Waals surface area contributed by atoms with Crippen molar-refractivity contribution in [3.63, 3.8) is 0 Å². The minimum absolute atomic E-state index is 0.498. The van der Waals surface area contributed by atoms with Crippen LogP contribution in [0.2, 0.25) is 0 Å². The van der Waals surface area contributed by atoms with Gasteiger partial charge in [-0.25, -0.2) is 0 Å². The quantitative estimate of drug-likeness (QED) is 0.435. The molecule has 0 unspecified atom stereocenters. The lowest BCUT2D eigenvalue weighted by atomic mass is 9.80. The molecule has 9 heavy (non-hydrogen) atoms. The van der Waals surface area contributed by atoms with E-state index in [0.717, 1.165) is 26.2 Å².